The third kappa shape index (κ3) is 6.18. The molecule has 0 unspecified atom stereocenters. The Morgan fingerprint density at radius 2 is 1.44 bits per heavy atom. The Morgan fingerprint density at radius 1 is 0.875 bits per heavy atom. The van der Waals surface area contributed by atoms with E-state index in [9.17, 15) is 24.3 Å². The number of carboxylic acids is 1. The molecule has 2 aromatic carbocycles. The molecule has 3 rings (SSSR count). The van der Waals surface area contributed by atoms with Gasteiger partial charge in [-0.1, -0.05) is 23.8 Å². The van der Waals surface area contributed by atoms with E-state index in [2.05, 4.69) is 10.6 Å². The van der Waals surface area contributed by atoms with E-state index >= 15 is 0 Å². The molecule has 2 amide bonds. The molecule has 0 bridgehead atoms. The molecular weight excluding hydrogens is 436 g/mol. The monoisotopic (exact) mass is 456 g/mol. The number of amides is 2. The molecule has 0 aromatic heterocycles. The Morgan fingerprint density at radius 3 is 2.06 bits per heavy atom. The summed E-state index contributed by atoms with van der Waals surface area (Å²) in [5, 5.41) is 15.1. The Bertz CT molecular complexity index is 1030. The number of rotatable bonds is 7. The van der Waals surface area contributed by atoms with E-state index in [4.69, 9.17) is 16.3 Å². The van der Waals surface area contributed by atoms with Crippen molar-refractivity contribution in [3.05, 3.63) is 71.3 Å². The highest BCUT2D eigenvalue weighted by Crippen LogP contribution is 2.27. The van der Waals surface area contributed by atoms with Gasteiger partial charge in [0.1, 0.15) is 0 Å². The van der Waals surface area contributed by atoms with E-state index in [0.29, 0.717) is 29.2 Å². The average molecular weight is 457 g/mol. The molecular formula is C23H21ClN2O6. The van der Waals surface area contributed by atoms with Crippen LogP contribution in [0.3, 0.4) is 0 Å². The highest BCUT2D eigenvalue weighted by atomic mass is 35.5. The molecule has 0 heterocycles. The summed E-state index contributed by atoms with van der Waals surface area (Å²) in [6.07, 6.45) is 4.22. The number of halogens is 1. The van der Waals surface area contributed by atoms with Crippen molar-refractivity contribution in [1.82, 2.24) is 0 Å². The third-order valence-corrected chi connectivity index (χ3v) is 5.19. The first-order valence-corrected chi connectivity index (χ1v) is 10.2. The number of hydrogen-bond donors (Lipinski definition) is 3. The lowest BCUT2D eigenvalue weighted by Gasteiger charge is -2.24. The number of aliphatic carboxylic acids is 1. The van der Waals surface area contributed by atoms with E-state index in [1.165, 1.54) is 24.3 Å². The number of esters is 1. The molecule has 2 atom stereocenters. The van der Waals surface area contributed by atoms with Crippen molar-refractivity contribution in [2.45, 2.75) is 12.8 Å². The SMILES string of the molecule is O=C(COC(=O)c1ccc(NC(=O)[C@H]2CC=CC[C@@H]2C(=O)O)cc1)Nc1ccc(Cl)cc1. The van der Waals surface area contributed by atoms with E-state index in [0.717, 1.165) is 0 Å². The minimum Gasteiger partial charge on any atom is -0.481 e. The quantitative estimate of drug-likeness (QED) is 0.431. The molecule has 0 saturated carbocycles. The number of ether oxygens (including phenoxy) is 1. The van der Waals surface area contributed by atoms with Gasteiger partial charge in [-0.15, -0.1) is 0 Å². The number of hydrogen-bond acceptors (Lipinski definition) is 5. The van der Waals surface area contributed by atoms with Crippen LogP contribution in [0.1, 0.15) is 23.2 Å². The Balaban J connectivity index is 1.51. The van der Waals surface area contributed by atoms with E-state index in [-0.39, 0.29) is 5.56 Å². The molecule has 1 aliphatic rings. The van der Waals surface area contributed by atoms with Crippen LogP contribution >= 0.6 is 11.6 Å². The minimum absolute atomic E-state index is 0.200. The highest BCUT2D eigenvalue weighted by Gasteiger charge is 2.33. The number of anilines is 2. The second-order valence-corrected chi connectivity index (χ2v) is 7.63. The molecule has 1 aliphatic carbocycles. The summed E-state index contributed by atoms with van der Waals surface area (Å²) in [4.78, 5) is 47.9. The van der Waals surface area contributed by atoms with Gasteiger partial charge < -0.3 is 20.5 Å². The molecule has 0 fully saturated rings. The van der Waals surface area contributed by atoms with Crippen LogP contribution in [0.4, 0.5) is 11.4 Å². The van der Waals surface area contributed by atoms with Crippen LogP contribution in [0.5, 0.6) is 0 Å². The van der Waals surface area contributed by atoms with E-state index in [1.54, 1.807) is 36.4 Å². The van der Waals surface area contributed by atoms with Gasteiger partial charge in [0.2, 0.25) is 5.91 Å². The zero-order valence-electron chi connectivity index (χ0n) is 16.9. The van der Waals surface area contributed by atoms with E-state index < -0.39 is 42.2 Å². The summed E-state index contributed by atoms with van der Waals surface area (Å²) in [5.41, 5.74) is 1.14. The maximum Gasteiger partial charge on any atom is 0.338 e. The maximum absolute atomic E-state index is 12.5. The van der Waals surface area contributed by atoms with Crippen molar-refractivity contribution in [1.29, 1.82) is 0 Å². The predicted octanol–water partition coefficient (Wildman–Crippen LogP) is 3.74. The van der Waals surface area contributed by atoms with Crippen molar-refractivity contribution in [3.63, 3.8) is 0 Å². The molecule has 32 heavy (non-hydrogen) atoms. The first kappa shape index (κ1) is 23.0. The predicted molar refractivity (Wildman–Crippen MR) is 118 cm³/mol. The average Bonchev–Trinajstić information content (AvgIpc) is 2.79. The van der Waals surface area contributed by atoms with Gasteiger partial charge >= 0.3 is 11.9 Å². The van der Waals surface area contributed by atoms with Crippen molar-refractivity contribution in [2.75, 3.05) is 17.2 Å². The van der Waals surface area contributed by atoms with Crippen LogP contribution in [0.15, 0.2) is 60.7 Å². The lowest BCUT2D eigenvalue weighted by Crippen LogP contribution is -2.34. The molecule has 0 aliphatic heterocycles. The Hall–Kier alpha value is -3.65. The van der Waals surface area contributed by atoms with Gasteiger partial charge in [0.05, 0.1) is 17.4 Å². The summed E-state index contributed by atoms with van der Waals surface area (Å²) >= 11 is 5.78. The van der Waals surface area contributed by atoms with Crippen molar-refractivity contribution in [3.8, 4) is 0 Å². The molecule has 2 aromatic rings. The molecule has 0 spiro atoms. The van der Waals surface area contributed by atoms with Gasteiger partial charge in [0, 0.05) is 16.4 Å². The molecule has 0 saturated heterocycles. The van der Waals surface area contributed by atoms with Crippen molar-refractivity contribution < 1.29 is 29.0 Å². The summed E-state index contributed by atoms with van der Waals surface area (Å²) in [7, 11) is 0. The van der Waals surface area contributed by atoms with Gasteiger partial charge in [-0.25, -0.2) is 4.79 Å². The fourth-order valence-corrected chi connectivity index (χ4v) is 3.37. The maximum atomic E-state index is 12.5. The first-order valence-electron chi connectivity index (χ1n) is 9.85. The molecule has 0 radical (unpaired) electrons. The van der Waals surface area contributed by atoms with Crippen LogP contribution in [0.2, 0.25) is 5.02 Å². The highest BCUT2D eigenvalue weighted by molar-refractivity contribution is 6.30. The molecule has 9 heteroatoms. The molecule has 3 N–H and O–H groups in total. The molecule has 166 valence electrons. The van der Waals surface area contributed by atoms with Gasteiger partial charge in [-0.2, -0.15) is 0 Å². The number of carbonyl (C=O) groups is 4. The zero-order valence-corrected chi connectivity index (χ0v) is 17.7. The zero-order chi connectivity index (χ0) is 23.1. The summed E-state index contributed by atoms with van der Waals surface area (Å²) in [6, 6.07) is 12.4. The third-order valence-electron chi connectivity index (χ3n) is 4.94. The number of carboxylic acid groups (broad SMARTS) is 1. The van der Waals surface area contributed by atoms with Gasteiger partial charge in [0.25, 0.3) is 5.91 Å². The lowest BCUT2D eigenvalue weighted by atomic mass is 9.82. The number of allylic oxidation sites excluding steroid dienone is 2. The summed E-state index contributed by atoms with van der Waals surface area (Å²) in [5.74, 6) is -4.03. The smallest absolute Gasteiger partial charge is 0.338 e. The Kier molecular flexibility index (Phi) is 7.62. The number of carbonyl (C=O) groups excluding carboxylic acids is 3. The summed E-state index contributed by atoms with van der Waals surface area (Å²) in [6.45, 7) is -0.467. The standard InChI is InChI=1S/C23H21ClN2O6/c24-15-7-11-16(12-8-15)25-20(27)13-32-23(31)14-5-9-17(10-6-14)26-21(28)18-3-1-2-4-19(18)22(29)30/h1-2,5-12,18-19H,3-4,13H2,(H,25,27)(H,26,28)(H,29,30)/t18-,19-/m0/s1. The summed E-state index contributed by atoms with van der Waals surface area (Å²) < 4.78 is 5.01. The Labute approximate surface area is 189 Å². The second kappa shape index (κ2) is 10.6. The van der Waals surface area contributed by atoms with Crippen LogP contribution in [0, 0.1) is 11.8 Å². The first-order chi connectivity index (χ1) is 15.3. The number of nitrogens with one attached hydrogen (secondary N) is 2. The van der Waals surface area contributed by atoms with Gasteiger partial charge in [-0.05, 0) is 61.4 Å². The van der Waals surface area contributed by atoms with Crippen LogP contribution in [-0.4, -0.2) is 35.5 Å². The fourth-order valence-electron chi connectivity index (χ4n) is 3.25. The van der Waals surface area contributed by atoms with Crippen molar-refractivity contribution in [2.24, 2.45) is 11.8 Å². The van der Waals surface area contributed by atoms with Crippen LogP contribution in [0.25, 0.3) is 0 Å². The van der Waals surface area contributed by atoms with Gasteiger partial charge in [0.15, 0.2) is 6.61 Å². The van der Waals surface area contributed by atoms with Crippen LogP contribution in [-0.2, 0) is 19.1 Å². The normalized spacial score (nSPS) is 17.3. The minimum atomic E-state index is -1.01. The largest absolute Gasteiger partial charge is 0.481 e. The fraction of sp³-hybridized carbons (Fsp3) is 0.217. The van der Waals surface area contributed by atoms with E-state index in [1.807, 2.05) is 0 Å². The topological polar surface area (TPSA) is 122 Å². The van der Waals surface area contributed by atoms with Gasteiger partial charge in [-0.3, -0.25) is 14.4 Å². The molecule has 8 nitrogen and oxygen atoms in total. The second-order valence-electron chi connectivity index (χ2n) is 7.19. The lowest BCUT2D eigenvalue weighted by molar-refractivity contribution is -0.146. The van der Waals surface area contributed by atoms with Crippen LogP contribution < -0.4 is 10.6 Å². The van der Waals surface area contributed by atoms with Crippen molar-refractivity contribution >= 4 is 46.7 Å². The number of benzene rings is 2.